The third-order valence-electron chi connectivity index (χ3n) is 7.71. The highest BCUT2D eigenvalue weighted by atomic mass is 16.3. The molecule has 0 radical (unpaired) electrons. The molecule has 0 unspecified atom stereocenters. The lowest BCUT2D eigenvalue weighted by Crippen LogP contribution is -2.52. The number of phenolic OH excluding ortho intramolecular Hbond substituents is 2. The molecule has 2 nitrogen and oxygen atoms in total. The van der Waals surface area contributed by atoms with E-state index in [9.17, 15) is 10.2 Å². The Labute approximate surface area is 153 Å². The highest BCUT2D eigenvalue weighted by molar-refractivity contribution is 5.54. The number of benzene rings is 1. The summed E-state index contributed by atoms with van der Waals surface area (Å²) in [5.74, 6) is 1.53. The zero-order valence-electron chi connectivity index (χ0n) is 16.5. The molecule has 0 aliphatic heterocycles. The van der Waals surface area contributed by atoms with Crippen molar-refractivity contribution in [2.45, 2.75) is 72.1 Å². The smallest absolute Gasteiger partial charge is 0.123 e. The number of fused-ring (bicyclic) bond motifs is 3. The molecule has 2 N–H and O–H groups in total. The van der Waals surface area contributed by atoms with Crippen LogP contribution in [-0.2, 0) is 11.8 Å². The molecule has 0 saturated heterocycles. The van der Waals surface area contributed by atoms with Gasteiger partial charge in [0.25, 0.3) is 0 Å². The Morgan fingerprint density at radius 2 is 1.96 bits per heavy atom. The number of aromatic hydroxyl groups is 2. The topological polar surface area (TPSA) is 40.5 Å². The van der Waals surface area contributed by atoms with Crippen LogP contribution in [0.15, 0.2) is 24.8 Å². The lowest BCUT2D eigenvalue weighted by molar-refractivity contribution is -0.0558. The second-order valence-electron chi connectivity index (χ2n) is 9.55. The van der Waals surface area contributed by atoms with Crippen molar-refractivity contribution in [1.29, 1.82) is 0 Å². The van der Waals surface area contributed by atoms with Gasteiger partial charge in [-0.2, -0.15) is 0 Å². The van der Waals surface area contributed by atoms with Gasteiger partial charge in [0.15, 0.2) is 0 Å². The minimum absolute atomic E-state index is 0.00914. The van der Waals surface area contributed by atoms with E-state index in [2.05, 4.69) is 47.3 Å². The quantitative estimate of drug-likeness (QED) is 0.663. The van der Waals surface area contributed by atoms with Gasteiger partial charge in [0.05, 0.1) is 0 Å². The lowest BCUT2D eigenvalue weighted by Gasteiger charge is -2.58. The number of hydrogen-bond acceptors (Lipinski definition) is 2. The highest BCUT2D eigenvalue weighted by Crippen LogP contribution is 2.66. The fourth-order valence-corrected chi connectivity index (χ4v) is 6.64. The molecule has 3 rings (SSSR count). The maximum Gasteiger partial charge on any atom is 0.123 e. The second-order valence-corrected chi connectivity index (χ2v) is 9.55. The molecule has 0 spiro atoms. The molecule has 4 atom stereocenters. The molecule has 1 aromatic rings. The van der Waals surface area contributed by atoms with Gasteiger partial charge in [-0.15, -0.1) is 6.58 Å². The number of rotatable bonds is 4. The van der Waals surface area contributed by atoms with Crippen LogP contribution in [0.1, 0.15) is 71.4 Å². The summed E-state index contributed by atoms with van der Waals surface area (Å²) < 4.78 is 0. The van der Waals surface area contributed by atoms with Crippen LogP contribution in [0.4, 0.5) is 0 Å². The fraction of sp³-hybridized carbons (Fsp3) is 0.652. The molecule has 1 aromatic carbocycles. The monoisotopic (exact) mass is 342 g/mol. The second kappa shape index (κ2) is 5.79. The molecular weight excluding hydrogens is 308 g/mol. The summed E-state index contributed by atoms with van der Waals surface area (Å²) in [5.41, 5.74) is 2.52. The average molecular weight is 343 g/mol. The highest BCUT2D eigenvalue weighted by Gasteiger charge is 2.59. The molecule has 2 aliphatic rings. The van der Waals surface area contributed by atoms with Crippen molar-refractivity contribution in [1.82, 2.24) is 0 Å². The van der Waals surface area contributed by atoms with E-state index in [0.29, 0.717) is 11.8 Å². The molecular formula is C23H34O2. The third-order valence-corrected chi connectivity index (χ3v) is 7.71. The van der Waals surface area contributed by atoms with Crippen molar-refractivity contribution in [3.8, 4) is 11.5 Å². The molecule has 25 heavy (non-hydrogen) atoms. The van der Waals surface area contributed by atoms with Crippen molar-refractivity contribution in [2.24, 2.45) is 22.7 Å². The first-order valence-corrected chi connectivity index (χ1v) is 9.79. The van der Waals surface area contributed by atoms with Gasteiger partial charge >= 0.3 is 0 Å². The van der Waals surface area contributed by atoms with Crippen LogP contribution < -0.4 is 0 Å². The summed E-state index contributed by atoms with van der Waals surface area (Å²) in [4.78, 5) is 0. The minimum Gasteiger partial charge on any atom is -0.508 e. The molecule has 0 amide bonds. The van der Waals surface area contributed by atoms with Crippen LogP contribution in [-0.4, -0.2) is 10.2 Å². The van der Waals surface area contributed by atoms with Gasteiger partial charge in [0.2, 0.25) is 0 Å². The molecule has 0 aromatic heterocycles. The Balaban J connectivity index is 2.13. The fourth-order valence-electron chi connectivity index (χ4n) is 6.64. The zero-order valence-corrected chi connectivity index (χ0v) is 16.5. The first-order chi connectivity index (χ1) is 11.6. The van der Waals surface area contributed by atoms with Crippen molar-refractivity contribution in [3.05, 3.63) is 35.9 Å². The summed E-state index contributed by atoms with van der Waals surface area (Å²) in [6.07, 6.45) is 7.69. The predicted octanol–water partition coefficient (Wildman–Crippen LogP) is 5.96. The standard InChI is InChI=1S/C23H34O2/c1-7-10-22(5)18(21(3,4)8-2)9-11-23(6)19(22)13-15-12-16(24)14-17(25)20(15)23/h8,12,14,18-19,24-25H,2,7,9-11,13H2,1,3-6H3/t18-,19+,22-,23+/m1/s1. The van der Waals surface area contributed by atoms with Crippen LogP contribution in [0, 0.1) is 22.7 Å². The first kappa shape index (κ1) is 18.4. The summed E-state index contributed by atoms with van der Waals surface area (Å²) in [6, 6.07) is 3.39. The maximum absolute atomic E-state index is 10.6. The van der Waals surface area contributed by atoms with E-state index in [1.54, 1.807) is 0 Å². The molecule has 2 aliphatic carbocycles. The lowest BCUT2D eigenvalue weighted by atomic mass is 9.46. The summed E-state index contributed by atoms with van der Waals surface area (Å²) in [5, 5.41) is 20.6. The first-order valence-electron chi connectivity index (χ1n) is 9.79. The van der Waals surface area contributed by atoms with E-state index in [-0.39, 0.29) is 27.7 Å². The third kappa shape index (κ3) is 2.52. The van der Waals surface area contributed by atoms with E-state index < -0.39 is 0 Å². The van der Waals surface area contributed by atoms with E-state index in [1.165, 1.54) is 18.9 Å². The Hall–Kier alpha value is -1.44. The molecule has 1 fully saturated rings. The van der Waals surface area contributed by atoms with Gasteiger partial charge in [-0.25, -0.2) is 0 Å². The van der Waals surface area contributed by atoms with E-state index in [0.717, 1.165) is 30.4 Å². The van der Waals surface area contributed by atoms with E-state index >= 15 is 0 Å². The Morgan fingerprint density at radius 3 is 2.56 bits per heavy atom. The summed E-state index contributed by atoms with van der Waals surface area (Å²) in [7, 11) is 0. The van der Waals surface area contributed by atoms with E-state index in [1.807, 2.05) is 6.07 Å². The zero-order chi connectivity index (χ0) is 18.6. The molecule has 2 heteroatoms. The van der Waals surface area contributed by atoms with Gasteiger partial charge < -0.3 is 10.2 Å². The van der Waals surface area contributed by atoms with Gasteiger partial charge in [0, 0.05) is 17.0 Å². The van der Waals surface area contributed by atoms with Crippen molar-refractivity contribution in [3.63, 3.8) is 0 Å². The normalized spacial score (nSPS) is 34.4. The van der Waals surface area contributed by atoms with Crippen molar-refractivity contribution < 1.29 is 10.2 Å². The number of phenols is 2. The van der Waals surface area contributed by atoms with Gasteiger partial charge in [-0.1, -0.05) is 47.1 Å². The average Bonchev–Trinajstić information content (AvgIpc) is 2.81. The predicted molar refractivity (Wildman–Crippen MR) is 104 cm³/mol. The molecule has 0 bridgehead atoms. The number of hydrogen-bond donors (Lipinski definition) is 2. The van der Waals surface area contributed by atoms with Crippen LogP contribution in [0.2, 0.25) is 0 Å². The summed E-state index contributed by atoms with van der Waals surface area (Å²) >= 11 is 0. The maximum atomic E-state index is 10.6. The number of allylic oxidation sites excluding steroid dienone is 1. The van der Waals surface area contributed by atoms with Gasteiger partial charge in [0.1, 0.15) is 11.5 Å². The Kier molecular flexibility index (Phi) is 4.25. The molecule has 1 saturated carbocycles. The van der Waals surface area contributed by atoms with Gasteiger partial charge in [-0.3, -0.25) is 0 Å². The Bertz CT molecular complexity index is 690. The largest absolute Gasteiger partial charge is 0.508 e. The SMILES string of the molecule is C=CC(C)(C)[C@H]1CC[C@]2(C)c3c(O)cc(O)cc3C[C@H]2[C@]1(C)CCC. The molecule has 0 heterocycles. The van der Waals surface area contributed by atoms with Crippen LogP contribution in [0.3, 0.4) is 0 Å². The van der Waals surface area contributed by atoms with E-state index in [4.69, 9.17) is 0 Å². The van der Waals surface area contributed by atoms with Crippen LogP contribution in [0.25, 0.3) is 0 Å². The van der Waals surface area contributed by atoms with Gasteiger partial charge in [-0.05, 0) is 60.0 Å². The van der Waals surface area contributed by atoms with Crippen molar-refractivity contribution in [2.75, 3.05) is 0 Å². The van der Waals surface area contributed by atoms with Crippen LogP contribution in [0.5, 0.6) is 11.5 Å². The minimum atomic E-state index is -0.00914. The summed E-state index contributed by atoms with van der Waals surface area (Å²) in [6.45, 7) is 15.9. The Morgan fingerprint density at radius 1 is 1.28 bits per heavy atom. The van der Waals surface area contributed by atoms with Crippen molar-refractivity contribution >= 4 is 0 Å². The van der Waals surface area contributed by atoms with Crippen LogP contribution >= 0.6 is 0 Å². The molecule has 138 valence electrons.